The molecule has 1 heterocycles. The number of rotatable bonds is 8. The Morgan fingerprint density at radius 3 is 2.63 bits per heavy atom. The van der Waals surface area contributed by atoms with E-state index in [1.54, 1.807) is 11.8 Å². The first kappa shape index (κ1) is 20.2. The minimum Gasteiger partial charge on any atom is -0.379 e. The summed E-state index contributed by atoms with van der Waals surface area (Å²) >= 11 is 7.58. The minimum absolute atomic E-state index is 0.0561. The van der Waals surface area contributed by atoms with E-state index in [2.05, 4.69) is 34.5 Å². The second-order valence-electron chi connectivity index (χ2n) is 6.61. The van der Waals surface area contributed by atoms with Gasteiger partial charge in [0.25, 0.3) is 0 Å². The van der Waals surface area contributed by atoms with Crippen LogP contribution in [0.5, 0.6) is 0 Å². The van der Waals surface area contributed by atoms with Gasteiger partial charge in [-0.2, -0.15) is 0 Å². The molecule has 144 valence electrons. The maximum Gasteiger partial charge on any atom is 0.230 e. The van der Waals surface area contributed by atoms with Crippen LogP contribution < -0.4 is 5.32 Å². The van der Waals surface area contributed by atoms with Crippen LogP contribution in [0.3, 0.4) is 0 Å². The van der Waals surface area contributed by atoms with Crippen molar-refractivity contribution in [3.8, 4) is 0 Å². The number of hydrogen-bond acceptors (Lipinski definition) is 4. The molecule has 0 bridgehead atoms. The molecular formula is C21H25ClN2O2S. The van der Waals surface area contributed by atoms with Crippen molar-refractivity contribution in [3.05, 3.63) is 70.2 Å². The van der Waals surface area contributed by atoms with Crippen LogP contribution in [0, 0.1) is 0 Å². The molecule has 3 rings (SSSR count). The average molecular weight is 405 g/mol. The smallest absolute Gasteiger partial charge is 0.230 e. The minimum atomic E-state index is 0.0561. The molecule has 1 aliphatic heterocycles. The quantitative estimate of drug-likeness (QED) is 0.728. The Balaban J connectivity index is 1.39. The topological polar surface area (TPSA) is 41.6 Å². The molecule has 1 saturated heterocycles. The molecule has 0 atom stereocenters. The summed E-state index contributed by atoms with van der Waals surface area (Å²) in [4.78, 5) is 14.5. The predicted octanol–water partition coefficient (Wildman–Crippen LogP) is 3.72. The summed E-state index contributed by atoms with van der Waals surface area (Å²) in [5, 5.41) is 3.74. The molecule has 0 radical (unpaired) electrons. The Labute approximate surface area is 170 Å². The van der Waals surface area contributed by atoms with Gasteiger partial charge in [-0.05, 0) is 28.8 Å². The van der Waals surface area contributed by atoms with Gasteiger partial charge in [0.05, 0.1) is 19.0 Å². The highest BCUT2D eigenvalue weighted by atomic mass is 35.5. The van der Waals surface area contributed by atoms with Crippen molar-refractivity contribution >= 4 is 29.3 Å². The van der Waals surface area contributed by atoms with Crippen molar-refractivity contribution in [3.63, 3.8) is 0 Å². The summed E-state index contributed by atoms with van der Waals surface area (Å²) in [5.41, 5.74) is 3.55. The van der Waals surface area contributed by atoms with Crippen LogP contribution in [0.25, 0.3) is 0 Å². The first-order valence-corrected chi connectivity index (χ1v) is 10.7. The van der Waals surface area contributed by atoms with Gasteiger partial charge in [0.1, 0.15) is 0 Å². The van der Waals surface area contributed by atoms with E-state index in [0.29, 0.717) is 12.3 Å². The molecule has 0 aromatic heterocycles. The molecule has 0 saturated carbocycles. The Morgan fingerprint density at radius 1 is 1.07 bits per heavy atom. The van der Waals surface area contributed by atoms with E-state index in [1.165, 1.54) is 5.56 Å². The third-order valence-corrected chi connectivity index (χ3v) is 5.62. The fraction of sp³-hybridized carbons (Fsp3) is 0.381. The molecule has 1 aliphatic rings. The van der Waals surface area contributed by atoms with Crippen molar-refractivity contribution in [2.45, 2.75) is 18.8 Å². The lowest BCUT2D eigenvalue weighted by Gasteiger charge is -2.26. The largest absolute Gasteiger partial charge is 0.379 e. The molecule has 0 aliphatic carbocycles. The predicted molar refractivity (Wildman–Crippen MR) is 112 cm³/mol. The number of thioether (sulfide) groups is 1. The lowest BCUT2D eigenvalue weighted by atomic mass is 10.1. The highest BCUT2D eigenvalue weighted by molar-refractivity contribution is 7.99. The average Bonchev–Trinajstić information content (AvgIpc) is 2.68. The normalized spacial score (nSPS) is 14.9. The summed E-state index contributed by atoms with van der Waals surface area (Å²) in [7, 11) is 0. The second kappa shape index (κ2) is 10.7. The number of nitrogens with one attached hydrogen (secondary N) is 1. The Kier molecular flexibility index (Phi) is 8.02. The molecule has 1 fully saturated rings. The van der Waals surface area contributed by atoms with Crippen LogP contribution in [0.2, 0.25) is 5.02 Å². The number of hydrogen-bond donors (Lipinski definition) is 1. The first-order chi connectivity index (χ1) is 13.2. The molecule has 6 heteroatoms. The monoisotopic (exact) mass is 404 g/mol. The highest BCUT2D eigenvalue weighted by Crippen LogP contribution is 2.16. The summed E-state index contributed by atoms with van der Waals surface area (Å²) < 4.78 is 5.39. The van der Waals surface area contributed by atoms with Gasteiger partial charge in [-0.3, -0.25) is 9.69 Å². The van der Waals surface area contributed by atoms with Gasteiger partial charge in [-0.25, -0.2) is 0 Å². The van der Waals surface area contributed by atoms with Gasteiger partial charge >= 0.3 is 0 Å². The van der Waals surface area contributed by atoms with Crippen molar-refractivity contribution in [1.82, 2.24) is 10.2 Å². The van der Waals surface area contributed by atoms with Crippen LogP contribution in [0.15, 0.2) is 48.5 Å². The van der Waals surface area contributed by atoms with Gasteiger partial charge < -0.3 is 10.1 Å². The van der Waals surface area contributed by atoms with E-state index in [1.807, 2.05) is 24.3 Å². The van der Waals surface area contributed by atoms with Crippen molar-refractivity contribution in [2.75, 3.05) is 32.1 Å². The molecule has 2 aromatic carbocycles. The Bertz CT molecular complexity index is 750. The van der Waals surface area contributed by atoms with Gasteiger partial charge in [0.15, 0.2) is 0 Å². The first-order valence-electron chi connectivity index (χ1n) is 9.16. The third-order valence-electron chi connectivity index (χ3n) is 4.38. The maximum absolute atomic E-state index is 12.1. The molecule has 0 spiro atoms. The van der Waals surface area contributed by atoms with E-state index >= 15 is 0 Å². The van der Waals surface area contributed by atoms with E-state index in [9.17, 15) is 4.79 Å². The number of carbonyl (C=O) groups is 1. The number of ether oxygens (including phenoxy) is 1. The van der Waals surface area contributed by atoms with E-state index in [0.717, 1.165) is 54.8 Å². The summed E-state index contributed by atoms with van der Waals surface area (Å²) in [5.74, 6) is 1.28. The van der Waals surface area contributed by atoms with Crippen LogP contribution in [0.1, 0.15) is 16.7 Å². The highest BCUT2D eigenvalue weighted by Gasteiger charge is 2.11. The zero-order valence-electron chi connectivity index (χ0n) is 15.3. The molecule has 1 amide bonds. The number of amides is 1. The van der Waals surface area contributed by atoms with Gasteiger partial charge in [0, 0.05) is 37.0 Å². The molecular weight excluding hydrogens is 380 g/mol. The van der Waals surface area contributed by atoms with E-state index in [-0.39, 0.29) is 5.91 Å². The fourth-order valence-electron chi connectivity index (χ4n) is 3.00. The molecule has 2 aromatic rings. The maximum atomic E-state index is 12.1. The van der Waals surface area contributed by atoms with Gasteiger partial charge in [0.2, 0.25) is 5.91 Å². The zero-order chi connectivity index (χ0) is 18.9. The zero-order valence-corrected chi connectivity index (χ0v) is 16.9. The van der Waals surface area contributed by atoms with E-state index < -0.39 is 0 Å². The van der Waals surface area contributed by atoms with Crippen molar-refractivity contribution < 1.29 is 9.53 Å². The molecule has 4 nitrogen and oxygen atoms in total. The molecule has 27 heavy (non-hydrogen) atoms. The lowest BCUT2D eigenvalue weighted by molar-refractivity contribution is -0.118. The standard InChI is InChI=1S/C21H25ClN2O2S/c22-20-6-2-5-19(12-20)15-27-16-21(25)23-13-17-3-1-4-18(11-17)14-24-7-9-26-10-8-24/h1-6,11-12H,7-10,13-16H2,(H,23,25). The van der Waals surface area contributed by atoms with Gasteiger partial charge in [-0.15, -0.1) is 11.8 Å². The van der Waals surface area contributed by atoms with Crippen molar-refractivity contribution in [2.24, 2.45) is 0 Å². The van der Waals surface area contributed by atoms with Crippen molar-refractivity contribution in [1.29, 1.82) is 0 Å². The summed E-state index contributed by atoms with van der Waals surface area (Å²) in [6, 6.07) is 16.2. The molecule has 0 unspecified atom stereocenters. The second-order valence-corrected chi connectivity index (χ2v) is 8.03. The number of halogens is 1. The van der Waals surface area contributed by atoms with Gasteiger partial charge in [-0.1, -0.05) is 48.0 Å². The number of morpholine rings is 1. The number of carbonyl (C=O) groups excluding carboxylic acids is 1. The summed E-state index contributed by atoms with van der Waals surface area (Å²) in [6.07, 6.45) is 0. The number of nitrogens with zero attached hydrogens (tertiary/aromatic N) is 1. The Morgan fingerprint density at radius 2 is 1.81 bits per heavy atom. The van der Waals surface area contributed by atoms with Crippen LogP contribution >= 0.6 is 23.4 Å². The van der Waals surface area contributed by atoms with Crippen LogP contribution in [0.4, 0.5) is 0 Å². The lowest BCUT2D eigenvalue weighted by Crippen LogP contribution is -2.35. The van der Waals surface area contributed by atoms with Crippen LogP contribution in [-0.2, 0) is 28.4 Å². The Hall–Kier alpha value is -1.53. The van der Waals surface area contributed by atoms with E-state index in [4.69, 9.17) is 16.3 Å². The van der Waals surface area contributed by atoms with Crippen LogP contribution in [-0.4, -0.2) is 42.9 Å². The fourth-order valence-corrected chi connectivity index (χ4v) is 4.01. The number of benzene rings is 2. The molecule has 1 N–H and O–H groups in total. The summed E-state index contributed by atoms with van der Waals surface area (Å²) in [6.45, 7) is 5.06. The SMILES string of the molecule is O=C(CSCc1cccc(Cl)c1)NCc1cccc(CN2CCOCC2)c1. The third kappa shape index (κ3) is 7.18.